The minimum absolute atomic E-state index is 0.0135. The number of carbonyl (C=O) groups is 1. The number of piperidine rings is 1. The van der Waals surface area contributed by atoms with Gasteiger partial charge in [0.15, 0.2) is 0 Å². The summed E-state index contributed by atoms with van der Waals surface area (Å²) in [5.41, 5.74) is 0.422. The molecule has 2 fully saturated rings. The summed E-state index contributed by atoms with van der Waals surface area (Å²) in [6, 6.07) is 5.44. The summed E-state index contributed by atoms with van der Waals surface area (Å²) in [6.45, 7) is 0.825. The highest BCUT2D eigenvalue weighted by molar-refractivity contribution is 9.10. The average Bonchev–Trinajstić information content (AvgIpc) is 2.48. The highest BCUT2D eigenvalue weighted by Crippen LogP contribution is 2.36. The lowest BCUT2D eigenvalue weighted by molar-refractivity contribution is 0.0388. The Labute approximate surface area is 128 Å². The maximum atomic E-state index is 12.8. The third-order valence-corrected chi connectivity index (χ3v) is 5.19. The van der Waals surface area contributed by atoms with Gasteiger partial charge in [0.1, 0.15) is 5.75 Å². The van der Waals surface area contributed by atoms with Crippen molar-refractivity contribution in [3.8, 4) is 5.75 Å². The van der Waals surface area contributed by atoms with Crippen molar-refractivity contribution in [3.05, 3.63) is 28.2 Å². The number of aromatic hydroxyl groups is 1. The molecule has 1 N–H and O–H groups in total. The van der Waals surface area contributed by atoms with Gasteiger partial charge in [-0.1, -0.05) is 28.8 Å². The third kappa shape index (κ3) is 2.58. The van der Waals surface area contributed by atoms with E-state index in [-0.39, 0.29) is 11.7 Å². The number of hydrogen-bond acceptors (Lipinski definition) is 2. The van der Waals surface area contributed by atoms with Gasteiger partial charge < -0.3 is 10.0 Å². The molecular formula is C16H20BrNO2. The van der Waals surface area contributed by atoms with Crippen LogP contribution in [0.3, 0.4) is 0 Å². The molecule has 1 aromatic rings. The number of halogens is 1. The van der Waals surface area contributed by atoms with Gasteiger partial charge in [-0.3, -0.25) is 4.79 Å². The predicted octanol–water partition coefficient (Wildman–Crippen LogP) is 3.95. The van der Waals surface area contributed by atoms with Gasteiger partial charge in [-0.25, -0.2) is 0 Å². The monoisotopic (exact) mass is 337 g/mol. The molecule has 2 atom stereocenters. The third-order valence-electron chi connectivity index (χ3n) is 4.69. The molecule has 0 spiro atoms. The van der Waals surface area contributed by atoms with Crippen LogP contribution in [-0.2, 0) is 0 Å². The molecule has 4 heteroatoms. The molecular weight excluding hydrogens is 318 g/mol. The van der Waals surface area contributed by atoms with Crippen LogP contribution >= 0.6 is 15.9 Å². The molecule has 108 valence electrons. The van der Waals surface area contributed by atoms with Gasteiger partial charge in [-0.2, -0.15) is 0 Å². The molecule has 0 aromatic heterocycles. The van der Waals surface area contributed by atoms with E-state index in [4.69, 9.17) is 0 Å². The van der Waals surface area contributed by atoms with E-state index < -0.39 is 0 Å². The Hall–Kier alpha value is -1.03. The number of phenols is 1. The average molecular weight is 338 g/mol. The van der Waals surface area contributed by atoms with Crippen LogP contribution in [0, 0.1) is 5.92 Å². The number of carbonyl (C=O) groups excluding carboxylic acids is 1. The summed E-state index contributed by atoms with van der Waals surface area (Å²) >= 11 is 3.38. The second kappa shape index (κ2) is 5.76. The Bertz CT molecular complexity index is 515. The van der Waals surface area contributed by atoms with Gasteiger partial charge in [0.2, 0.25) is 0 Å². The van der Waals surface area contributed by atoms with Crippen LogP contribution in [0.5, 0.6) is 5.75 Å². The standard InChI is InChI=1S/C16H20BrNO2/c17-12-7-8-15(19)13(10-12)16(20)18-9-3-5-11-4-1-2-6-14(11)18/h7-8,10-11,14,19H,1-6,9H2. The van der Waals surface area contributed by atoms with E-state index in [1.165, 1.54) is 25.7 Å². The molecule has 0 bridgehead atoms. The molecule has 3 rings (SSSR count). The summed E-state index contributed by atoms with van der Waals surface area (Å²) in [5, 5.41) is 9.96. The fraction of sp³-hybridized carbons (Fsp3) is 0.562. The maximum Gasteiger partial charge on any atom is 0.257 e. The number of likely N-dealkylation sites (tertiary alicyclic amines) is 1. The summed E-state index contributed by atoms with van der Waals surface area (Å²) in [4.78, 5) is 14.8. The molecule has 3 nitrogen and oxygen atoms in total. The van der Waals surface area contributed by atoms with E-state index in [9.17, 15) is 9.90 Å². The van der Waals surface area contributed by atoms with Crippen molar-refractivity contribution in [2.75, 3.05) is 6.54 Å². The summed E-state index contributed by atoms with van der Waals surface area (Å²) < 4.78 is 0.829. The van der Waals surface area contributed by atoms with Gasteiger partial charge in [0.05, 0.1) is 5.56 Å². The van der Waals surface area contributed by atoms with Gasteiger partial charge in [0.25, 0.3) is 5.91 Å². The Balaban J connectivity index is 1.87. The van der Waals surface area contributed by atoms with Gasteiger partial charge in [-0.05, 0) is 49.8 Å². The van der Waals surface area contributed by atoms with Gasteiger partial charge >= 0.3 is 0 Å². The first-order chi connectivity index (χ1) is 9.66. The largest absolute Gasteiger partial charge is 0.507 e. The number of nitrogens with zero attached hydrogens (tertiary/aromatic N) is 1. The molecule has 1 saturated carbocycles. The van der Waals surface area contributed by atoms with Crippen LogP contribution in [0.2, 0.25) is 0 Å². The lowest BCUT2D eigenvalue weighted by atomic mass is 9.78. The molecule has 1 saturated heterocycles. The van der Waals surface area contributed by atoms with Crippen molar-refractivity contribution in [2.24, 2.45) is 5.92 Å². The quantitative estimate of drug-likeness (QED) is 0.842. The normalized spacial score (nSPS) is 26.1. The lowest BCUT2D eigenvalue weighted by Crippen LogP contribution is -2.49. The second-order valence-corrected chi connectivity index (χ2v) is 6.83. The molecule has 1 aliphatic carbocycles. The molecule has 0 radical (unpaired) electrons. The molecule has 2 unspecified atom stereocenters. The first-order valence-electron chi connectivity index (χ1n) is 7.46. The Morgan fingerprint density at radius 2 is 1.95 bits per heavy atom. The predicted molar refractivity (Wildman–Crippen MR) is 81.8 cm³/mol. The summed E-state index contributed by atoms with van der Waals surface area (Å²) in [5.74, 6) is 0.729. The number of rotatable bonds is 1. The highest BCUT2D eigenvalue weighted by Gasteiger charge is 2.36. The van der Waals surface area contributed by atoms with Crippen molar-refractivity contribution < 1.29 is 9.90 Å². The van der Waals surface area contributed by atoms with Crippen LogP contribution in [0.4, 0.5) is 0 Å². The fourth-order valence-electron chi connectivity index (χ4n) is 3.71. The Morgan fingerprint density at radius 1 is 1.20 bits per heavy atom. The maximum absolute atomic E-state index is 12.8. The highest BCUT2D eigenvalue weighted by atomic mass is 79.9. The molecule has 1 amide bonds. The Kier molecular flexibility index (Phi) is 4.01. The van der Waals surface area contributed by atoms with Crippen molar-refractivity contribution in [1.29, 1.82) is 0 Å². The van der Waals surface area contributed by atoms with Crippen molar-refractivity contribution in [2.45, 2.75) is 44.6 Å². The number of hydrogen-bond donors (Lipinski definition) is 1. The first kappa shape index (κ1) is 13.9. The summed E-state index contributed by atoms with van der Waals surface area (Å²) in [7, 11) is 0. The van der Waals surface area contributed by atoms with E-state index in [1.807, 2.05) is 4.90 Å². The lowest BCUT2D eigenvalue weighted by Gasteiger charge is -2.44. The minimum atomic E-state index is -0.0135. The molecule has 1 heterocycles. The van der Waals surface area contributed by atoms with Crippen LogP contribution in [-0.4, -0.2) is 28.5 Å². The van der Waals surface area contributed by atoms with E-state index in [2.05, 4.69) is 15.9 Å². The number of amides is 1. The zero-order chi connectivity index (χ0) is 14.1. The van der Waals surface area contributed by atoms with Gasteiger partial charge in [-0.15, -0.1) is 0 Å². The molecule has 2 aliphatic rings. The Morgan fingerprint density at radius 3 is 2.80 bits per heavy atom. The first-order valence-corrected chi connectivity index (χ1v) is 8.25. The van der Waals surface area contributed by atoms with E-state index in [1.54, 1.807) is 18.2 Å². The second-order valence-electron chi connectivity index (χ2n) is 5.91. The number of phenolic OH excluding ortho intramolecular Hbond substituents is 1. The van der Waals surface area contributed by atoms with Crippen molar-refractivity contribution in [3.63, 3.8) is 0 Å². The SMILES string of the molecule is O=C(c1cc(Br)ccc1O)N1CCCC2CCCCC21. The topological polar surface area (TPSA) is 40.5 Å². The van der Waals surface area contributed by atoms with Crippen LogP contribution < -0.4 is 0 Å². The number of benzene rings is 1. The summed E-state index contributed by atoms with van der Waals surface area (Å²) in [6.07, 6.45) is 7.21. The number of fused-ring (bicyclic) bond motifs is 1. The van der Waals surface area contributed by atoms with E-state index in [0.717, 1.165) is 23.9 Å². The molecule has 1 aliphatic heterocycles. The van der Waals surface area contributed by atoms with Crippen molar-refractivity contribution in [1.82, 2.24) is 4.90 Å². The zero-order valence-corrected chi connectivity index (χ0v) is 13.1. The van der Waals surface area contributed by atoms with Gasteiger partial charge in [0, 0.05) is 17.1 Å². The van der Waals surface area contributed by atoms with Crippen LogP contribution in [0.1, 0.15) is 48.9 Å². The minimum Gasteiger partial charge on any atom is -0.507 e. The zero-order valence-electron chi connectivity index (χ0n) is 11.5. The fourth-order valence-corrected chi connectivity index (χ4v) is 4.07. The van der Waals surface area contributed by atoms with Crippen LogP contribution in [0.25, 0.3) is 0 Å². The molecule has 20 heavy (non-hydrogen) atoms. The van der Waals surface area contributed by atoms with E-state index >= 15 is 0 Å². The van der Waals surface area contributed by atoms with E-state index in [0.29, 0.717) is 17.5 Å². The van der Waals surface area contributed by atoms with Crippen LogP contribution in [0.15, 0.2) is 22.7 Å². The molecule has 1 aromatic carbocycles. The smallest absolute Gasteiger partial charge is 0.257 e. The van der Waals surface area contributed by atoms with Crippen molar-refractivity contribution >= 4 is 21.8 Å².